The first-order valence-corrected chi connectivity index (χ1v) is 8.37. The highest BCUT2D eigenvalue weighted by atomic mass is 19.4. The molecule has 0 radical (unpaired) electrons. The fraction of sp³-hybridized carbons (Fsp3) is 0.105. The Kier molecular flexibility index (Phi) is 5.72. The Morgan fingerprint density at radius 1 is 1.13 bits per heavy atom. The lowest BCUT2D eigenvalue weighted by Gasteiger charge is -2.10. The molecule has 1 amide bonds. The summed E-state index contributed by atoms with van der Waals surface area (Å²) in [5.41, 5.74) is -1.49. The van der Waals surface area contributed by atoms with Crippen molar-refractivity contribution < 1.29 is 27.3 Å². The van der Waals surface area contributed by atoms with Gasteiger partial charge in [0.1, 0.15) is 11.5 Å². The van der Waals surface area contributed by atoms with E-state index in [-0.39, 0.29) is 29.2 Å². The second-order valence-corrected chi connectivity index (χ2v) is 6.06. The SMILES string of the molecule is O=C(NCc1cccc(C(F)(F)F)c1)c1ccnc(-c2cc(F)ccc2[N+](=O)[O-])n1. The summed E-state index contributed by atoms with van der Waals surface area (Å²) < 4.78 is 51.9. The summed E-state index contributed by atoms with van der Waals surface area (Å²) >= 11 is 0. The van der Waals surface area contributed by atoms with Crippen molar-refractivity contribution in [1.82, 2.24) is 15.3 Å². The Bertz CT molecular complexity index is 1120. The summed E-state index contributed by atoms with van der Waals surface area (Å²) in [4.78, 5) is 30.5. The molecule has 0 spiro atoms. The number of carbonyl (C=O) groups is 1. The molecule has 0 unspecified atom stereocenters. The lowest BCUT2D eigenvalue weighted by molar-refractivity contribution is -0.384. The largest absolute Gasteiger partial charge is 0.416 e. The maximum absolute atomic E-state index is 13.5. The van der Waals surface area contributed by atoms with Crippen LogP contribution in [0.25, 0.3) is 11.4 Å². The smallest absolute Gasteiger partial charge is 0.347 e. The molecule has 3 aromatic rings. The summed E-state index contributed by atoms with van der Waals surface area (Å²) in [5, 5.41) is 13.6. The van der Waals surface area contributed by atoms with E-state index in [1.165, 1.54) is 18.2 Å². The minimum Gasteiger partial charge on any atom is -0.347 e. The molecule has 1 aromatic heterocycles. The average molecular weight is 420 g/mol. The molecule has 1 N–H and O–H groups in total. The van der Waals surface area contributed by atoms with Crippen LogP contribution in [0, 0.1) is 15.9 Å². The first-order chi connectivity index (χ1) is 14.1. The molecule has 3 rings (SSSR count). The maximum atomic E-state index is 13.5. The molecule has 0 aliphatic heterocycles. The van der Waals surface area contributed by atoms with Gasteiger partial charge in [-0.25, -0.2) is 14.4 Å². The number of nitrogens with one attached hydrogen (secondary N) is 1. The van der Waals surface area contributed by atoms with Crippen molar-refractivity contribution in [3.63, 3.8) is 0 Å². The van der Waals surface area contributed by atoms with Gasteiger partial charge in [0, 0.05) is 18.8 Å². The van der Waals surface area contributed by atoms with Crippen LogP contribution in [0.5, 0.6) is 0 Å². The Morgan fingerprint density at radius 2 is 1.90 bits per heavy atom. The number of alkyl halides is 3. The van der Waals surface area contributed by atoms with Crippen LogP contribution >= 0.6 is 0 Å². The number of nitro benzene ring substituents is 1. The van der Waals surface area contributed by atoms with Gasteiger partial charge in [-0.2, -0.15) is 13.2 Å². The molecule has 0 aliphatic carbocycles. The molecule has 0 aliphatic rings. The number of benzene rings is 2. The van der Waals surface area contributed by atoms with Crippen LogP contribution in [0.3, 0.4) is 0 Å². The van der Waals surface area contributed by atoms with Crippen molar-refractivity contribution in [2.45, 2.75) is 12.7 Å². The number of nitrogens with zero attached hydrogens (tertiary/aromatic N) is 3. The second-order valence-electron chi connectivity index (χ2n) is 6.06. The van der Waals surface area contributed by atoms with Gasteiger partial charge in [0.15, 0.2) is 5.82 Å². The fourth-order valence-electron chi connectivity index (χ4n) is 2.59. The average Bonchev–Trinajstić information content (AvgIpc) is 2.71. The van der Waals surface area contributed by atoms with Crippen LogP contribution in [-0.2, 0) is 12.7 Å². The molecule has 7 nitrogen and oxygen atoms in total. The van der Waals surface area contributed by atoms with Crippen LogP contribution in [-0.4, -0.2) is 20.8 Å². The molecule has 0 bridgehead atoms. The van der Waals surface area contributed by atoms with E-state index >= 15 is 0 Å². The van der Waals surface area contributed by atoms with Crippen molar-refractivity contribution in [1.29, 1.82) is 0 Å². The standard InChI is InChI=1S/C19H12F4N4O3/c20-13-4-5-16(27(29)30)14(9-13)17-24-7-6-15(26-17)18(28)25-10-11-2-1-3-12(8-11)19(21,22)23/h1-9H,10H2,(H,25,28). The zero-order valence-corrected chi connectivity index (χ0v) is 15.0. The zero-order valence-electron chi connectivity index (χ0n) is 15.0. The monoisotopic (exact) mass is 420 g/mol. The van der Waals surface area contributed by atoms with Gasteiger partial charge >= 0.3 is 6.18 Å². The van der Waals surface area contributed by atoms with Crippen LogP contribution in [0.4, 0.5) is 23.2 Å². The predicted octanol–water partition coefficient (Wildman–Crippen LogP) is 4.14. The molecule has 0 fully saturated rings. The van der Waals surface area contributed by atoms with E-state index < -0.39 is 34.1 Å². The van der Waals surface area contributed by atoms with E-state index in [0.29, 0.717) is 0 Å². The van der Waals surface area contributed by atoms with E-state index in [0.717, 1.165) is 36.5 Å². The van der Waals surface area contributed by atoms with Crippen molar-refractivity contribution in [3.05, 3.63) is 87.5 Å². The molecule has 1 heterocycles. The zero-order chi connectivity index (χ0) is 21.9. The Labute approximate surface area is 166 Å². The third kappa shape index (κ3) is 4.74. The number of hydrogen-bond donors (Lipinski definition) is 1. The van der Waals surface area contributed by atoms with E-state index in [9.17, 15) is 32.5 Å². The number of halogens is 4. The summed E-state index contributed by atoms with van der Waals surface area (Å²) in [7, 11) is 0. The normalized spacial score (nSPS) is 11.2. The predicted molar refractivity (Wildman–Crippen MR) is 96.7 cm³/mol. The van der Waals surface area contributed by atoms with Crippen LogP contribution < -0.4 is 5.32 Å². The molecule has 2 aromatic carbocycles. The van der Waals surface area contributed by atoms with Crippen molar-refractivity contribution >= 4 is 11.6 Å². The molecule has 0 atom stereocenters. The molecule has 0 saturated carbocycles. The summed E-state index contributed by atoms with van der Waals surface area (Å²) in [6, 6.07) is 8.40. The van der Waals surface area contributed by atoms with E-state index in [2.05, 4.69) is 15.3 Å². The number of rotatable bonds is 5. The Balaban J connectivity index is 1.81. The van der Waals surface area contributed by atoms with E-state index in [4.69, 9.17) is 0 Å². The minimum atomic E-state index is -4.51. The summed E-state index contributed by atoms with van der Waals surface area (Å²) in [6.07, 6.45) is -3.35. The van der Waals surface area contributed by atoms with Crippen molar-refractivity contribution in [2.75, 3.05) is 0 Å². The quantitative estimate of drug-likeness (QED) is 0.380. The molecule has 154 valence electrons. The van der Waals surface area contributed by atoms with Gasteiger partial charge in [-0.15, -0.1) is 0 Å². The fourth-order valence-corrected chi connectivity index (χ4v) is 2.59. The van der Waals surface area contributed by atoms with E-state index in [1.54, 1.807) is 0 Å². The van der Waals surface area contributed by atoms with Gasteiger partial charge in [-0.1, -0.05) is 12.1 Å². The van der Waals surface area contributed by atoms with Gasteiger partial charge in [0.2, 0.25) is 0 Å². The molecule has 30 heavy (non-hydrogen) atoms. The number of aromatic nitrogens is 2. The van der Waals surface area contributed by atoms with Gasteiger partial charge in [0.25, 0.3) is 11.6 Å². The molecule has 11 heteroatoms. The second kappa shape index (κ2) is 8.23. The lowest BCUT2D eigenvalue weighted by atomic mass is 10.1. The highest BCUT2D eigenvalue weighted by Crippen LogP contribution is 2.30. The van der Waals surface area contributed by atoms with Gasteiger partial charge < -0.3 is 5.32 Å². The molecular weight excluding hydrogens is 408 g/mol. The maximum Gasteiger partial charge on any atom is 0.416 e. The first-order valence-electron chi connectivity index (χ1n) is 8.37. The first kappa shape index (κ1) is 20.8. The molecule has 0 saturated heterocycles. The van der Waals surface area contributed by atoms with Crippen LogP contribution in [0.2, 0.25) is 0 Å². The van der Waals surface area contributed by atoms with Crippen molar-refractivity contribution in [3.8, 4) is 11.4 Å². The minimum absolute atomic E-state index is 0.189. The number of hydrogen-bond acceptors (Lipinski definition) is 5. The highest BCUT2D eigenvalue weighted by molar-refractivity contribution is 5.92. The number of nitro groups is 1. The summed E-state index contributed by atoms with van der Waals surface area (Å²) in [6.45, 7) is -0.206. The Morgan fingerprint density at radius 3 is 2.60 bits per heavy atom. The highest BCUT2D eigenvalue weighted by Gasteiger charge is 2.30. The van der Waals surface area contributed by atoms with Gasteiger partial charge in [0.05, 0.1) is 16.1 Å². The van der Waals surface area contributed by atoms with Crippen molar-refractivity contribution in [2.24, 2.45) is 0 Å². The van der Waals surface area contributed by atoms with Crippen LogP contribution in [0.15, 0.2) is 54.7 Å². The number of amides is 1. The van der Waals surface area contributed by atoms with Gasteiger partial charge in [-0.05, 0) is 35.9 Å². The lowest BCUT2D eigenvalue weighted by Crippen LogP contribution is -2.24. The van der Waals surface area contributed by atoms with Gasteiger partial charge in [-0.3, -0.25) is 14.9 Å². The third-order valence-electron chi connectivity index (χ3n) is 3.99. The van der Waals surface area contributed by atoms with Crippen LogP contribution in [0.1, 0.15) is 21.6 Å². The molecular formula is C19H12F4N4O3. The summed E-state index contributed by atoms with van der Waals surface area (Å²) in [5.74, 6) is -1.73. The third-order valence-corrected chi connectivity index (χ3v) is 3.99. The topological polar surface area (TPSA) is 98.0 Å². The van der Waals surface area contributed by atoms with E-state index in [1.807, 2.05) is 0 Å². The number of carbonyl (C=O) groups excluding carboxylic acids is 1. The Hall–Kier alpha value is -3.89.